The van der Waals surface area contributed by atoms with Gasteiger partial charge < -0.3 is 14.5 Å². The summed E-state index contributed by atoms with van der Waals surface area (Å²) in [5.74, 6) is 0.718. The fraction of sp³-hybridized carbons (Fsp3) is 0.481. The fourth-order valence-corrected chi connectivity index (χ4v) is 4.94. The lowest BCUT2D eigenvalue weighted by Crippen LogP contribution is -2.51. The van der Waals surface area contributed by atoms with Crippen LogP contribution >= 0.6 is 0 Å². The molecule has 4 rings (SSSR count). The van der Waals surface area contributed by atoms with Crippen LogP contribution in [0.3, 0.4) is 0 Å². The first-order valence-corrected chi connectivity index (χ1v) is 12.0. The molecule has 2 aliphatic rings. The van der Waals surface area contributed by atoms with E-state index in [1.54, 1.807) is 4.90 Å². The van der Waals surface area contributed by atoms with Crippen molar-refractivity contribution in [1.29, 1.82) is 0 Å². The molecule has 2 amide bonds. The van der Waals surface area contributed by atoms with E-state index < -0.39 is 0 Å². The molecule has 0 radical (unpaired) electrons. The Labute approximate surface area is 191 Å². The number of benzene rings is 2. The third-order valence-corrected chi connectivity index (χ3v) is 6.73. The highest BCUT2D eigenvalue weighted by Gasteiger charge is 2.35. The normalized spacial score (nSPS) is 22.8. The van der Waals surface area contributed by atoms with Crippen LogP contribution < -0.4 is 4.74 Å². The molecule has 0 aromatic heterocycles. The second kappa shape index (κ2) is 10.7. The van der Waals surface area contributed by atoms with Crippen molar-refractivity contribution in [3.05, 3.63) is 65.7 Å². The summed E-state index contributed by atoms with van der Waals surface area (Å²) >= 11 is 0. The van der Waals surface area contributed by atoms with Gasteiger partial charge in [0.2, 0.25) is 0 Å². The van der Waals surface area contributed by atoms with Crippen LogP contribution in [0.5, 0.6) is 5.75 Å². The molecule has 0 bridgehead atoms. The Morgan fingerprint density at radius 1 is 0.844 bits per heavy atom. The molecule has 5 nitrogen and oxygen atoms in total. The fourth-order valence-electron chi connectivity index (χ4n) is 4.94. The molecule has 0 saturated heterocycles. The Kier molecular flexibility index (Phi) is 7.46. The Hall–Kier alpha value is -2.82. The SMILES string of the molecule is CN1CCCCCCN(C(=O)c2ccccc2)[C@@H]2CCCC[C@@H]2Oc2ccccc2C1=O. The van der Waals surface area contributed by atoms with Gasteiger partial charge in [-0.25, -0.2) is 0 Å². The van der Waals surface area contributed by atoms with E-state index in [0.29, 0.717) is 11.3 Å². The van der Waals surface area contributed by atoms with Crippen LogP contribution in [-0.4, -0.2) is 53.9 Å². The van der Waals surface area contributed by atoms with Crippen LogP contribution in [-0.2, 0) is 0 Å². The number of carbonyl (C=O) groups excluding carboxylic acids is 2. The van der Waals surface area contributed by atoms with Crippen LogP contribution in [0.25, 0.3) is 0 Å². The average Bonchev–Trinajstić information content (AvgIpc) is 2.84. The van der Waals surface area contributed by atoms with Crippen molar-refractivity contribution in [2.24, 2.45) is 0 Å². The third kappa shape index (κ3) is 5.14. The number of amides is 2. The predicted molar refractivity (Wildman–Crippen MR) is 126 cm³/mol. The van der Waals surface area contributed by atoms with Gasteiger partial charge in [0.25, 0.3) is 11.8 Å². The lowest BCUT2D eigenvalue weighted by molar-refractivity contribution is 0.0268. The summed E-state index contributed by atoms with van der Waals surface area (Å²) in [6, 6.07) is 17.1. The molecule has 1 heterocycles. The molecule has 1 fully saturated rings. The molecule has 0 spiro atoms. The Morgan fingerprint density at radius 2 is 1.53 bits per heavy atom. The Bertz CT molecular complexity index is 914. The summed E-state index contributed by atoms with van der Waals surface area (Å²) < 4.78 is 6.54. The van der Waals surface area contributed by atoms with Gasteiger partial charge in [0.05, 0.1) is 11.6 Å². The van der Waals surface area contributed by atoms with Gasteiger partial charge >= 0.3 is 0 Å². The largest absolute Gasteiger partial charge is 0.487 e. The summed E-state index contributed by atoms with van der Waals surface area (Å²) in [4.78, 5) is 30.5. The predicted octanol–water partition coefficient (Wildman–Crippen LogP) is 5.17. The number of hydrogen-bond acceptors (Lipinski definition) is 3. The average molecular weight is 435 g/mol. The van der Waals surface area contributed by atoms with Crippen LogP contribution in [0.4, 0.5) is 0 Å². The number of hydrogen-bond donors (Lipinski definition) is 0. The zero-order chi connectivity index (χ0) is 22.3. The number of ether oxygens (including phenoxy) is 1. The summed E-state index contributed by atoms with van der Waals surface area (Å²) in [6.07, 6.45) is 7.91. The molecular formula is C27H34N2O3. The van der Waals surface area contributed by atoms with E-state index in [9.17, 15) is 9.59 Å². The number of nitrogens with zero attached hydrogens (tertiary/aromatic N) is 2. The maximum atomic E-state index is 13.5. The molecule has 1 aliphatic carbocycles. The molecule has 5 heteroatoms. The van der Waals surface area contributed by atoms with Crippen LogP contribution in [0.2, 0.25) is 0 Å². The number of fused-ring (bicyclic) bond motifs is 2. The zero-order valence-corrected chi connectivity index (χ0v) is 19.0. The van der Waals surface area contributed by atoms with Gasteiger partial charge in [0, 0.05) is 25.7 Å². The second-order valence-electron chi connectivity index (χ2n) is 9.01. The van der Waals surface area contributed by atoms with Crippen molar-refractivity contribution in [2.75, 3.05) is 20.1 Å². The van der Waals surface area contributed by atoms with Crippen molar-refractivity contribution in [3.63, 3.8) is 0 Å². The van der Waals surface area contributed by atoms with Crippen molar-refractivity contribution >= 4 is 11.8 Å². The zero-order valence-electron chi connectivity index (χ0n) is 19.0. The smallest absolute Gasteiger partial charge is 0.257 e. The molecule has 170 valence electrons. The van der Waals surface area contributed by atoms with E-state index in [2.05, 4.69) is 4.90 Å². The first kappa shape index (κ1) is 22.4. The van der Waals surface area contributed by atoms with Gasteiger partial charge in [-0.05, 0) is 56.4 Å². The van der Waals surface area contributed by atoms with E-state index in [0.717, 1.165) is 70.0 Å². The van der Waals surface area contributed by atoms with E-state index in [4.69, 9.17) is 4.74 Å². The molecule has 0 N–H and O–H groups in total. The van der Waals surface area contributed by atoms with Crippen LogP contribution in [0.15, 0.2) is 54.6 Å². The maximum absolute atomic E-state index is 13.5. The van der Waals surface area contributed by atoms with Gasteiger partial charge in [0.1, 0.15) is 11.9 Å². The summed E-state index contributed by atoms with van der Waals surface area (Å²) in [7, 11) is 1.87. The molecule has 2 aromatic rings. The van der Waals surface area contributed by atoms with Gasteiger partial charge in [0.15, 0.2) is 0 Å². The molecule has 2 atom stereocenters. The summed E-state index contributed by atoms with van der Waals surface area (Å²) in [5, 5.41) is 0. The first-order valence-electron chi connectivity index (χ1n) is 12.0. The van der Waals surface area contributed by atoms with Crippen molar-refractivity contribution in [2.45, 2.75) is 63.5 Å². The van der Waals surface area contributed by atoms with Crippen LogP contribution in [0, 0.1) is 0 Å². The van der Waals surface area contributed by atoms with Crippen LogP contribution in [0.1, 0.15) is 72.1 Å². The monoisotopic (exact) mass is 434 g/mol. The number of carbonyl (C=O) groups is 2. The lowest BCUT2D eigenvalue weighted by Gasteiger charge is -2.40. The Morgan fingerprint density at radius 3 is 2.34 bits per heavy atom. The molecular weight excluding hydrogens is 400 g/mol. The van der Waals surface area contributed by atoms with Crippen molar-refractivity contribution < 1.29 is 14.3 Å². The highest BCUT2D eigenvalue weighted by atomic mass is 16.5. The quantitative estimate of drug-likeness (QED) is 0.623. The minimum atomic E-state index is -0.112. The third-order valence-electron chi connectivity index (χ3n) is 6.73. The van der Waals surface area contributed by atoms with E-state index in [-0.39, 0.29) is 24.0 Å². The van der Waals surface area contributed by atoms with E-state index in [1.165, 1.54) is 0 Å². The first-order chi connectivity index (χ1) is 15.6. The summed E-state index contributed by atoms with van der Waals surface area (Å²) in [6.45, 7) is 1.47. The van der Waals surface area contributed by atoms with Gasteiger partial charge in [-0.1, -0.05) is 49.6 Å². The van der Waals surface area contributed by atoms with Gasteiger partial charge in [-0.2, -0.15) is 0 Å². The molecule has 1 saturated carbocycles. The van der Waals surface area contributed by atoms with Gasteiger partial charge in [-0.15, -0.1) is 0 Å². The molecule has 1 aliphatic heterocycles. The molecule has 32 heavy (non-hydrogen) atoms. The second-order valence-corrected chi connectivity index (χ2v) is 9.01. The molecule has 0 unspecified atom stereocenters. The minimum Gasteiger partial charge on any atom is -0.487 e. The van der Waals surface area contributed by atoms with E-state index >= 15 is 0 Å². The topological polar surface area (TPSA) is 49.9 Å². The maximum Gasteiger partial charge on any atom is 0.257 e. The summed E-state index contributed by atoms with van der Waals surface area (Å²) in [5.41, 5.74) is 1.34. The highest BCUT2D eigenvalue weighted by molar-refractivity contribution is 5.97. The number of para-hydroxylation sites is 1. The van der Waals surface area contributed by atoms with Crippen molar-refractivity contribution in [1.82, 2.24) is 9.80 Å². The standard InChI is InChI=1S/C27H34N2O3/c1-28-19-11-2-3-12-20-29(26(30)21-13-5-4-6-14-21)23-16-8-10-18-25(23)32-24-17-9-7-15-22(24)27(28)31/h4-7,9,13-15,17,23,25H,2-3,8,10-12,16,18-20H2,1H3/t23-,25+/m1/s1. The highest BCUT2D eigenvalue weighted by Crippen LogP contribution is 2.31. The van der Waals surface area contributed by atoms with Crippen molar-refractivity contribution in [3.8, 4) is 5.75 Å². The number of rotatable bonds is 1. The minimum absolute atomic E-state index is 0.00207. The van der Waals surface area contributed by atoms with Gasteiger partial charge in [-0.3, -0.25) is 9.59 Å². The lowest BCUT2D eigenvalue weighted by atomic mass is 9.90. The van der Waals surface area contributed by atoms with E-state index in [1.807, 2.05) is 61.6 Å². The Balaban J connectivity index is 1.67. The molecule has 2 aromatic carbocycles.